The molecular weight excluding hydrogens is 248 g/mol. The van der Waals surface area contributed by atoms with Gasteiger partial charge >= 0.3 is 5.97 Å². The number of rotatable bonds is 5. The summed E-state index contributed by atoms with van der Waals surface area (Å²) in [5, 5.41) is 9.35. The van der Waals surface area contributed by atoms with Crippen LogP contribution in [0.5, 0.6) is 0 Å². The van der Waals surface area contributed by atoms with Crippen LogP contribution in [0.15, 0.2) is 0 Å². The van der Waals surface area contributed by atoms with Crippen molar-refractivity contribution in [3.63, 3.8) is 0 Å². The summed E-state index contributed by atoms with van der Waals surface area (Å²) in [4.78, 5) is 25.3. The molecule has 0 atom stereocenters. The Morgan fingerprint density at radius 1 is 1.42 bits per heavy atom. The van der Waals surface area contributed by atoms with E-state index in [1.54, 1.807) is 0 Å². The minimum atomic E-state index is -1.05. The van der Waals surface area contributed by atoms with E-state index < -0.39 is 11.4 Å². The van der Waals surface area contributed by atoms with Gasteiger partial charge in [-0.25, -0.2) is 0 Å². The molecule has 0 spiro atoms. The smallest absolute Gasteiger partial charge is 0.325 e. The summed E-state index contributed by atoms with van der Waals surface area (Å²) in [5.74, 6) is -0.757. The highest BCUT2D eigenvalue weighted by Crippen LogP contribution is 2.32. The van der Waals surface area contributed by atoms with E-state index in [-0.39, 0.29) is 12.5 Å². The highest BCUT2D eigenvalue weighted by atomic mass is 16.5. The zero-order valence-corrected chi connectivity index (χ0v) is 11.5. The van der Waals surface area contributed by atoms with E-state index in [9.17, 15) is 14.9 Å². The minimum Gasteiger partial charge on any atom is -0.468 e. The lowest BCUT2D eigenvalue weighted by atomic mass is 9.80. The summed E-state index contributed by atoms with van der Waals surface area (Å²) in [6, 6.07) is 2.12. The number of esters is 1. The van der Waals surface area contributed by atoms with E-state index in [1.165, 1.54) is 12.0 Å². The molecule has 1 saturated heterocycles. The average molecular weight is 268 g/mol. The topological polar surface area (TPSA) is 79.6 Å². The van der Waals surface area contributed by atoms with Crippen LogP contribution in [0.25, 0.3) is 0 Å². The molecule has 6 heteroatoms. The van der Waals surface area contributed by atoms with Crippen molar-refractivity contribution in [2.45, 2.75) is 26.2 Å². The SMILES string of the molecule is CCCN(CC(=O)OC)C(=O)C1(C#N)CCOCC1. The third-order valence-corrected chi connectivity index (χ3v) is 3.30. The van der Waals surface area contributed by atoms with E-state index >= 15 is 0 Å². The van der Waals surface area contributed by atoms with Crippen LogP contribution in [0.1, 0.15) is 26.2 Å². The third-order valence-electron chi connectivity index (χ3n) is 3.30. The molecule has 19 heavy (non-hydrogen) atoms. The van der Waals surface area contributed by atoms with Crippen LogP contribution in [0.3, 0.4) is 0 Å². The first-order valence-corrected chi connectivity index (χ1v) is 6.45. The fraction of sp³-hybridized carbons (Fsp3) is 0.769. The predicted molar refractivity (Wildman–Crippen MR) is 67.0 cm³/mol. The number of carbonyl (C=O) groups is 2. The van der Waals surface area contributed by atoms with E-state index in [4.69, 9.17) is 4.74 Å². The normalized spacial score (nSPS) is 17.3. The van der Waals surface area contributed by atoms with Crippen LogP contribution in [-0.2, 0) is 19.1 Å². The highest BCUT2D eigenvalue weighted by Gasteiger charge is 2.43. The molecule has 1 aliphatic rings. The van der Waals surface area contributed by atoms with Crippen molar-refractivity contribution in [1.82, 2.24) is 4.90 Å². The predicted octanol–water partition coefficient (Wildman–Crippen LogP) is 0.718. The van der Waals surface area contributed by atoms with Crippen molar-refractivity contribution in [3.8, 4) is 6.07 Å². The van der Waals surface area contributed by atoms with Gasteiger partial charge in [-0.15, -0.1) is 0 Å². The first kappa shape index (κ1) is 15.4. The summed E-state index contributed by atoms with van der Waals surface area (Å²) in [7, 11) is 1.28. The van der Waals surface area contributed by atoms with Gasteiger partial charge in [0, 0.05) is 19.8 Å². The fourth-order valence-electron chi connectivity index (χ4n) is 2.14. The first-order valence-electron chi connectivity index (χ1n) is 6.45. The van der Waals surface area contributed by atoms with Gasteiger partial charge in [0.25, 0.3) is 0 Å². The molecule has 0 radical (unpaired) electrons. The Balaban J connectivity index is 2.84. The molecule has 0 N–H and O–H groups in total. The Bertz CT molecular complexity index is 369. The quantitative estimate of drug-likeness (QED) is 0.686. The van der Waals surface area contributed by atoms with Gasteiger partial charge in [-0.2, -0.15) is 5.26 Å². The molecule has 1 rings (SSSR count). The largest absolute Gasteiger partial charge is 0.468 e. The van der Waals surface area contributed by atoms with E-state index in [0.29, 0.717) is 32.6 Å². The standard InChI is InChI=1S/C13H20N2O4/c1-3-6-15(9-11(16)18-2)12(17)13(10-14)4-7-19-8-5-13/h3-9H2,1-2H3. The van der Waals surface area contributed by atoms with Gasteiger partial charge in [0.05, 0.1) is 13.2 Å². The maximum atomic E-state index is 12.5. The van der Waals surface area contributed by atoms with Crippen LogP contribution >= 0.6 is 0 Å². The molecule has 1 amide bonds. The van der Waals surface area contributed by atoms with Crippen molar-refractivity contribution < 1.29 is 19.1 Å². The molecule has 0 saturated carbocycles. The second kappa shape index (κ2) is 7.10. The molecule has 0 bridgehead atoms. The molecule has 0 aliphatic carbocycles. The summed E-state index contributed by atoms with van der Waals surface area (Å²) in [6.45, 7) is 3.06. The molecule has 106 valence electrons. The van der Waals surface area contributed by atoms with Crippen LogP contribution in [-0.4, -0.2) is 50.2 Å². The van der Waals surface area contributed by atoms with Crippen molar-refractivity contribution in [2.75, 3.05) is 33.4 Å². The molecular formula is C13H20N2O4. The van der Waals surface area contributed by atoms with Gasteiger partial charge in [0.2, 0.25) is 5.91 Å². The number of nitrogens with zero attached hydrogens (tertiary/aromatic N) is 2. The monoisotopic (exact) mass is 268 g/mol. The Morgan fingerprint density at radius 2 is 2.05 bits per heavy atom. The number of nitriles is 1. The molecule has 0 aromatic heterocycles. The Kier molecular flexibility index (Phi) is 5.77. The summed E-state index contributed by atoms with van der Waals surface area (Å²) < 4.78 is 9.80. The maximum Gasteiger partial charge on any atom is 0.325 e. The zero-order valence-electron chi connectivity index (χ0n) is 11.5. The number of amides is 1. The highest BCUT2D eigenvalue weighted by molar-refractivity contribution is 5.88. The number of methoxy groups -OCH3 is 1. The lowest BCUT2D eigenvalue weighted by Gasteiger charge is -2.34. The van der Waals surface area contributed by atoms with Gasteiger partial charge in [0.1, 0.15) is 12.0 Å². The second-order valence-corrected chi connectivity index (χ2v) is 4.61. The van der Waals surface area contributed by atoms with Crippen molar-refractivity contribution in [1.29, 1.82) is 5.26 Å². The number of ether oxygens (including phenoxy) is 2. The molecule has 0 unspecified atom stereocenters. The van der Waals surface area contributed by atoms with E-state index in [2.05, 4.69) is 10.8 Å². The molecule has 6 nitrogen and oxygen atoms in total. The van der Waals surface area contributed by atoms with Crippen molar-refractivity contribution in [3.05, 3.63) is 0 Å². The third kappa shape index (κ3) is 3.67. The Labute approximate surface area is 113 Å². The molecule has 0 aromatic carbocycles. The molecule has 1 heterocycles. The maximum absolute atomic E-state index is 12.5. The van der Waals surface area contributed by atoms with Crippen LogP contribution in [0, 0.1) is 16.7 Å². The van der Waals surface area contributed by atoms with Gasteiger partial charge in [0.15, 0.2) is 0 Å². The van der Waals surface area contributed by atoms with Crippen molar-refractivity contribution in [2.24, 2.45) is 5.41 Å². The molecule has 0 aromatic rings. The second-order valence-electron chi connectivity index (χ2n) is 4.61. The molecule has 1 fully saturated rings. The van der Waals surface area contributed by atoms with Crippen LogP contribution < -0.4 is 0 Å². The lowest BCUT2D eigenvalue weighted by Crippen LogP contribution is -2.48. The number of carbonyl (C=O) groups excluding carboxylic acids is 2. The van der Waals surface area contributed by atoms with Crippen LogP contribution in [0.2, 0.25) is 0 Å². The Morgan fingerprint density at radius 3 is 2.53 bits per heavy atom. The number of hydrogen-bond acceptors (Lipinski definition) is 5. The van der Waals surface area contributed by atoms with Gasteiger partial charge in [-0.3, -0.25) is 9.59 Å². The summed E-state index contributed by atoms with van der Waals surface area (Å²) in [5.41, 5.74) is -1.05. The lowest BCUT2D eigenvalue weighted by molar-refractivity contribution is -0.152. The van der Waals surface area contributed by atoms with Gasteiger partial charge < -0.3 is 14.4 Å². The van der Waals surface area contributed by atoms with Gasteiger partial charge in [-0.05, 0) is 19.3 Å². The summed E-state index contributed by atoms with van der Waals surface area (Å²) in [6.07, 6.45) is 1.48. The van der Waals surface area contributed by atoms with Gasteiger partial charge in [-0.1, -0.05) is 6.92 Å². The van der Waals surface area contributed by atoms with E-state index in [1.807, 2.05) is 6.92 Å². The zero-order chi connectivity index (χ0) is 14.3. The summed E-state index contributed by atoms with van der Waals surface area (Å²) >= 11 is 0. The molecule has 1 aliphatic heterocycles. The first-order chi connectivity index (χ1) is 9.09. The fourth-order valence-corrected chi connectivity index (χ4v) is 2.14. The van der Waals surface area contributed by atoms with Crippen molar-refractivity contribution >= 4 is 11.9 Å². The number of hydrogen-bond donors (Lipinski definition) is 0. The van der Waals surface area contributed by atoms with Crippen LogP contribution in [0.4, 0.5) is 0 Å². The minimum absolute atomic E-state index is 0.104. The van der Waals surface area contributed by atoms with E-state index in [0.717, 1.165) is 6.42 Å². The average Bonchev–Trinajstić information content (AvgIpc) is 2.46. The Hall–Kier alpha value is -1.61.